The molecule has 0 saturated heterocycles. The molecule has 3 heteroatoms. The molecule has 1 aliphatic rings. The summed E-state index contributed by atoms with van der Waals surface area (Å²) in [5.41, 5.74) is 6.37. The fourth-order valence-corrected chi connectivity index (χ4v) is 2.67. The van der Waals surface area contributed by atoms with E-state index in [2.05, 4.69) is 0 Å². The lowest BCUT2D eigenvalue weighted by Gasteiger charge is -2.31. The maximum absolute atomic E-state index is 10.4. The van der Waals surface area contributed by atoms with Crippen LogP contribution in [0.4, 0.5) is 0 Å². The molecule has 1 atom stereocenters. The Morgan fingerprint density at radius 3 is 2.42 bits per heavy atom. The molecule has 1 fully saturated rings. The Bertz CT molecular complexity index is 380. The molecule has 0 spiro atoms. The summed E-state index contributed by atoms with van der Waals surface area (Å²) in [6.07, 6.45) is 6.03. The number of nitrogens with two attached hydrogens (primary N) is 1. The maximum Gasteiger partial charge on any atom is 0.119 e. The van der Waals surface area contributed by atoms with Crippen LogP contribution in [-0.2, 0) is 6.42 Å². The van der Waals surface area contributed by atoms with Crippen LogP contribution >= 0.6 is 0 Å². The molecule has 0 aliphatic heterocycles. The SMILES string of the molecule is CC(N)Cc1ccc(OCC2(O)CCCCC2)cc1. The van der Waals surface area contributed by atoms with E-state index in [4.69, 9.17) is 10.5 Å². The van der Waals surface area contributed by atoms with Gasteiger partial charge in [-0.05, 0) is 43.9 Å². The van der Waals surface area contributed by atoms with E-state index in [1.165, 1.54) is 12.0 Å². The zero-order chi connectivity index (χ0) is 13.7. The van der Waals surface area contributed by atoms with E-state index in [1.807, 2.05) is 31.2 Å². The van der Waals surface area contributed by atoms with Gasteiger partial charge in [0.1, 0.15) is 12.4 Å². The molecule has 2 rings (SSSR count). The summed E-state index contributed by atoms with van der Waals surface area (Å²) in [7, 11) is 0. The average molecular weight is 263 g/mol. The first kappa shape index (κ1) is 14.4. The van der Waals surface area contributed by atoms with Crippen LogP contribution in [-0.4, -0.2) is 23.4 Å². The Labute approximate surface area is 115 Å². The Kier molecular flexibility index (Phi) is 4.83. The molecule has 0 heterocycles. The first-order chi connectivity index (χ1) is 9.07. The van der Waals surface area contributed by atoms with Gasteiger partial charge in [-0.25, -0.2) is 0 Å². The van der Waals surface area contributed by atoms with Crippen LogP contribution in [0.5, 0.6) is 5.75 Å². The molecule has 1 aromatic rings. The zero-order valence-electron chi connectivity index (χ0n) is 11.8. The maximum atomic E-state index is 10.4. The van der Waals surface area contributed by atoms with E-state index in [0.29, 0.717) is 6.61 Å². The van der Waals surface area contributed by atoms with Crippen LogP contribution in [0, 0.1) is 0 Å². The second-order valence-electron chi connectivity index (χ2n) is 5.90. The molecule has 1 saturated carbocycles. The van der Waals surface area contributed by atoms with Crippen molar-refractivity contribution < 1.29 is 9.84 Å². The predicted molar refractivity (Wildman–Crippen MR) is 77.3 cm³/mol. The van der Waals surface area contributed by atoms with E-state index in [1.54, 1.807) is 0 Å². The molecular weight excluding hydrogens is 238 g/mol. The van der Waals surface area contributed by atoms with Crippen LogP contribution < -0.4 is 10.5 Å². The highest BCUT2D eigenvalue weighted by molar-refractivity contribution is 5.27. The van der Waals surface area contributed by atoms with E-state index < -0.39 is 5.60 Å². The fraction of sp³-hybridized carbons (Fsp3) is 0.625. The molecule has 1 aromatic carbocycles. The zero-order valence-corrected chi connectivity index (χ0v) is 11.8. The molecular formula is C16H25NO2. The van der Waals surface area contributed by atoms with Crippen molar-refractivity contribution in [1.29, 1.82) is 0 Å². The van der Waals surface area contributed by atoms with Crippen molar-refractivity contribution in [3.63, 3.8) is 0 Å². The topological polar surface area (TPSA) is 55.5 Å². The first-order valence-corrected chi connectivity index (χ1v) is 7.27. The Morgan fingerprint density at radius 1 is 1.21 bits per heavy atom. The summed E-state index contributed by atoms with van der Waals surface area (Å²) in [4.78, 5) is 0. The fourth-order valence-electron chi connectivity index (χ4n) is 2.67. The Morgan fingerprint density at radius 2 is 1.84 bits per heavy atom. The lowest BCUT2D eigenvalue weighted by Crippen LogP contribution is -2.37. The van der Waals surface area contributed by atoms with Crippen molar-refractivity contribution in [2.75, 3.05) is 6.61 Å². The van der Waals surface area contributed by atoms with Crippen molar-refractivity contribution in [3.8, 4) is 5.75 Å². The van der Waals surface area contributed by atoms with Crippen molar-refractivity contribution in [3.05, 3.63) is 29.8 Å². The summed E-state index contributed by atoms with van der Waals surface area (Å²) < 4.78 is 5.73. The third-order valence-electron chi connectivity index (χ3n) is 3.77. The van der Waals surface area contributed by atoms with Gasteiger partial charge in [0.2, 0.25) is 0 Å². The van der Waals surface area contributed by atoms with Crippen LogP contribution in [0.1, 0.15) is 44.6 Å². The van der Waals surface area contributed by atoms with Gasteiger partial charge >= 0.3 is 0 Å². The number of hydrogen-bond donors (Lipinski definition) is 2. The summed E-state index contributed by atoms with van der Waals surface area (Å²) >= 11 is 0. The van der Waals surface area contributed by atoms with Crippen LogP contribution in [0.25, 0.3) is 0 Å². The van der Waals surface area contributed by atoms with Crippen molar-refractivity contribution in [2.45, 2.75) is 57.1 Å². The first-order valence-electron chi connectivity index (χ1n) is 7.27. The van der Waals surface area contributed by atoms with Gasteiger partial charge in [0.25, 0.3) is 0 Å². The second-order valence-corrected chi connectivity index (χ2v) is 5.90. The van der Waals surface area contributed by atoms with Gasteiger partial charge in [0.15, 0.2) is 0 Å². The molecule has 0 bridgehead atoms. The van der Waals surface area contributed by atoms with Gasteiger partial charge in [-0.3, -0.25) is 0 Å². The highest BCUT2D eigenvalue weighted by Crippen LogP contribution is 2.28. The van der Waals surface area contributed by atoms with Crippen LogP contribution in [0.2, 0.25) is 0 Å². The molecule has 1 unspecified atom stereocenters. The molecule has 1 aliphatic carbocycles. The summed E-state index contributed by atoms with van der Waals surface area (Å²) in [6, 6.07) is 8.19. The third kappa shape index (κ3) is 4.51. The molecule has 0 radical (unpaired) electrons. The monoisotopic (exact) mass is 263 g/mol. The number of ether oxygens (including phenoxy) is 1. The van der Waals surface area contributed by atoms with E-state index in [-0.39, 0.29) is 6.04 Å². The van der Waals surface area contributed by atoms with Gasteiger partial charge < -0.3 is 15.6 Å². The molecule has 3 nitrogen and oxygen atoms in total. The minimum atomic E-state index is -0.622. The lowest BCUT2D eigenvalue weighted by molar-refractivity contribution is -0.0339. The lowest BCUT2D eigenvalue weighted by atomic mass is 9.85. The predicted octanol–water partition coefficient (Wildman–Crippen LogP) is 2.65. The van der Waals surface area contributed by atoms with E-state index in [0.717, 1.165) is 37.9 Å². The number of benzene rings is 1. The minimum Gasteiger partial charge on any atom is -0.491 e. The quantitative estimate of drug-likeness (QED) is 0.858. The highest BCUT2D eigenvalue weighted by Gasteiger charge is 2.29. The van der Waals surface area contributed by atoms with Gasteiger partial charge in [-0.1, -0.05) is 31.4 Å². The highest BCUT2D eigenvalue weighted by atomic mass is 16.5. The Hall–Kier alpha value is -1.06. The number of rotatable bonds is 5. The van der Waals surface area contributed by atoms with Crippen molar-refractivity contribution in [2.24, 2.45) is 5.73 Å². The van der Waals surface area contributed by atoms with Crippen molar-refractivity contribution in [1.82, 2.24) is 0 Å². The molecule has 0 aromatic heterocycles. The smallest absolute Gasteiger partial charge is 0.119 e. The average Bonchev–Trinajstić information content (AvgIpc) is 2.38. The number of hydrogen-bond acceptors (Lipinski definition) is 3. The Balaban J connectivity index is 1.85. The largest absolute Gasteiger partial charge is 0.491 e. The second kappa shape index (κ2) is 6.40. The molecule has 0 amide bonds. The third-order valence-corrected chi connectivity index (χ3v) is 3.77. The normalized spacial score (nSPS) is 19.9. The van der Waals surface area contributed by atoms with Gasteiger partial charge in [-0.2, -0.15) is 0 Å². The molecule has 106 valence electrons. The molecule has 3 N–H and O–H groups in total. The summed E-state index contributed by atoms with van der Waals surface area (Å²) in [5.74, 6) is 0.826. The molecule has 19 heavy (non-hydrogen) atoms. The van der Waals surface area contributed by atoms with Gasteiger partial charge in [0, 0.05) is 6.04 Å². The van der Waals surface area contributed by atoms with E-state index >= 15 is 0 Å². The van der Waals surface area contributed by atoms with Crippen molar-refractivity contribution >= 4 is 0 Å². The summed E-state index contributed by atoms with van der Waals surface area (Å²) in [5, 5.41) is 10.4. The minimum absolute atomic E-state index is 0.176. The van der Waals surface area contributed by atoms with E-state index in [9.17, 15) is 5.11 Å². The number of aliphatic hydroxyl groups is 1. The standard InChI is InChI=1S/C16H25NO2/c1-13(17)11-14-5-7-15(8-6-14)19-12-16(18)9-3-2-4-10-16/h5-8,13,18H,2-4,9-12,17H2,1H3. The van der Waals surface area contributed by atoms with Crippen LogP contribution in [0.3, 0.4) is 0 Å². The van der Waals surface area contributed by atoms with Gasteiger partial charge in [0.05, 0.1) is 5.60 Å². The summed E-state index contributed by atoms with van der Waals surface area (Å²) in [6.45, 7) is 2.41. The van der Waals surface area contributed by atoms with Gasteiger partial charge in [-0.15, -0.1) is 0 Å². The van der Waals surface area contributed by atoms with Crippen LogP contribution in [0.15, 0.2) is 24.3 Å².